The van der Waals surface area contributed by atoms with Crippen LogP contribution < -0.4 is 5.32 Å². The van der Waals surface area contributed by atoms with E-state index in [1.54, 1.807) is 19.1 Å². The number of hydrogen-bond acceptors (Lipinski definition) is 5. The van der Waals surface area contributed by atoms with Gasteiger partial charge in [-0.15, -0.1) is 0 Å². The van der Waals surface area contributed by atoms with E-state index >= 15 is 0 Å². The minimum atomic E-state index is -4.31. The molecule has 0 saturated carbocycles. The molecule has 0 aliphatic carbocycles. The number of oxazole rings is 1. The van der Waals surface area contributed by atoms with E-state index in [0.29, 0.717) is 43.3 Å². The van der Waals surface area contributed by atoms with Crippen molar-refractivity contribution in [2.75, 3.05) is 38.0 Å². The molecule has 1 saturated heterocycles. The first-order valence-corrected chi connectivity index (χ1v) is 12.2. The van der Waals surface area contributed by atoms with Gasteiger partial charge in [-0.2, -0.15) is 13.2 Å². The van der Waals surface area contributed by atoms with Crippen LogP contribution in [-0.4, -0.2) is 59.6 Å². The van der Waals surface area contributed by atoms with Gasteiger partial charge in [0.15, 0.2) is 5.58 Å². The van der Waals surface area contributed by atoms with Gasteiger partial charge in [-0.3, -0.25) is 9.69 Å². The fraction of sp³-hybridized carbons (Fsp3) is 0.308. The molecule has 1 aliphatic heterocycles. The summed E-state index contributed by atoms with van der Waals surface area (Å²) in [6, 6.07) is 12.9. The number of fused-ring (bicyclic) bond motifs is 1. The Morgan fingerprint density at radius 3 is 2.44 bits per heavy atom. The number of benzene rings is 2. The Hall–Kier alpha value is -3.11. The summed E-state index contributed by atoms with van der Waals surface area (Å²) in [7, 11) is 0. The van der Waals surface area contributed by atoms with Gasteiger partial charge in [0.1, 0.15) is 5.52 Å². The minimum Gasteiger partial charge on any atom is -0.436 e. The highest BCUT2D eigenvalue weighted by atomic mass is 79.9. The van der Waals surface area contributed by atoms with Crippen LogP contribution in [0.3, 0.4) is 0 Å². The van der Waals surface area contributed by atoms with E-state index < -0.39 is 11.7 Å². The van der Waals surface area contributed by atoms with Crippen LogP contribution >= 0.6 is 15.9 Å². The number of piperazine rings is 1. The molecule has 0 atom stereocenters. The Balaban J connectivity index is 1.27. The maximum Gasteiger partial charge on any atom is 0.412 e. The lowest BCUT2D eigenvalue weighted by molar-refractivity contribution is -0.117. The number of carbonyl (C=O) groups is 1. The van der Waals surface area contributed by atoms with Gasteiger partial charge in [-0.1, -0.05) is 22.0 Å². The third-order valence-corrected chi connectivity index (χ3v) is 6.52. The van der Waals surface area contributed by atoms with Gasteiger partial charge in [-0.25, -0.2) is 4.98 Å². The molecule has 1 aromatic heterocycles. The second kappa shape index (κ2) is 10.9. The van der Waals surface area contributed by atoms with E-state index in [-0.39, 0.29) is 12.5 Å². The van der Waals surface area contributed by atoms with Crippen molar-refractivity contribution in [3.8, 4) is 11.5 Å². The maximum absolute atomic E-state index is 12.7. The summed E-state index contributed by atoms with van der Waals surface area (Å²) in [6.07, 6.45) is -1.72. The minimum absolute atomic E-state index is 0.126. The number of hydrogen-bond donors (Lipinski definition) is 1. The Labute approximate surface area is 215 Å². The molecule has 0 spiro atoms. The Bertz CT molecular complexity index is 1290. The highest BCUT2D eigenvalue weighted by Crippen LogP contribution is 2.27. The zero-order valence-corrected chi connectivity index (χ0v) is 21.5. The monoisotopic (exact) mass is 562 g/mol. The molecule has 1 aliphatic rings. The van der Waals surface area contributed by atoms with E-state index in [0.717, 1.165) is 34.2 Å². The van der Waals surface area contributed by atoms with Crippen LogP contribution in [0.25, 0.3) is 22.6 Å². The molecular weight excluding hydrogens is 537 g/mol. The molecule has 6 nitrogen and oxygen atoms in total. The lowest BCUT2D eigenvalue weighted by Crippen LogP contribution is -2.47. The Morgan fingerprint density at radius 1 is 1.08 bits per heavy atom. The zero-order valence-electron chi connectivity index (χ0n) is 19.9. The number of alkyl halides is 3. The molecule has 1 fully saturated rings. The average Bonchev–Trinajstić information content (AvgIpc) is 3.25. The van der Waals surface area contributed by atoms with Crippen molar-refractivity contribution in [3.63, 3.8) is 0 Å². The fourth-order valence-corrected chi connectivity index (χ4v) is 4.18. The first kappa shape index (κ1) is 26.0. The predicted molar refractivity (Wildman–Crippen MR) is 137 cm³/mol. The summed E-state index contributed by atoms with van der Waals surface area (Å²) >= 11 is 3.43. The van der Waals surface area contributed by atoms with Crippen LogP contribution in [-0.2, 0) is 4.79 Å². The highest BCUT2D eigenvalue weighted by Gasteiger charge is 2.29. The van der Waals surface area contributed by atoms with Gasteiger partial charge in [-0.05, 0) is 62.4 Å². The van der Waals surface area contributed by atoms with Gasteiger partial charge < -0.3 is 14.6 Å². The lowest BCUT2D eigenvalue weighted by Gasteiger charge is -2.36. The van der Waals surface area contributed by atoms with E-state index in [4.69, 9.17) is 4.42 Å². The molecular formula is C26H26BrF3N4O2. The largest absolute Gasteiger partial charge is 0.436 e. The van der Waals surface area contributed by atoms with E-state index in [1.807, 2.05) is 40.1 Å². The van der Waals surface area contributed by atoms with Crippen molar-refractivity contribution >= 4 is 38.6 Å². The molecule has 3 aromatic rings. The molecule has 0 bridgehead atoms. The number of aromatic nitrogens is 1. The van der Waals surface area contributed by atoms with Crippen molar-refractivity contribution in [1.82, 2.24) is 14.8 Å². The number of rotatable bonds is 6. The second-order valence-corrected chi connectivity index (χ2v) is 9.59. The number of anilines is 1. The number of nitrogens with zero attached hydrogens (tertiary/aromatic N) is 3. The van der Waals surface area contributed by atoms with Crippen LogP contribution in [0.15, 0.2) is 74.8 Å². The zero-order chi connectivity index (χ0) is 25.9. The summed E-state index contributed by atoms with van der Waals surface area (Å²) in [5, 5.41) is 2.91. The predicted octanol–water partition coefficient (Wildman–Crippen LogP) is 6.23. The molecule has 1 amide bonds. The molecule has 0 radical (unpaired) electrons. The standard InChI is InChI=1S/C26H26BrF3N4O2/c1-17(26(28,29)30)3-4-18(2)34-13-11-33(12-14-34)16-24(35)31-21-8-5-19(6-9-21)25-32-22-15-20(27)7-10-23(22)36-25/h3-10,15H,11-14,16H2,1-2H3,(H,31,35)/b17-3+,18-4+. The van der Waals surface area contributed by atoms with Gasteiger partial charge in [0.2, 0.25) is 11.8 Å². The number of nitrogens with one attached hydrogen (secondary N) is 1. The summed E-state index contributed by atoms with van der Waals surface area (Å²) in [5.74, 6) is 0.381. The number of amides is 1. The van der Waals surface area contributed by atoms with Gasteiger partial charge >= 0.3 is 6.18 Å². The highest BCUT2D eigenvalue weighted by molar-refractivity contribution is 9.10. The summed E-state index contributed by atoms with van der Waals surface area (Å²) in [5.41, 5.74) is 3.08. The Kier molecular flexibility index (Phi) is 7.85. The van der Waals surface area contributed by atoms with Crippen LogP contribution in [0.5, 0.6) is 0 Å². The molecule has 10 heteroatoms. The second-order valence-electron chi connectivity index (χ2n) is 8.68. The fourth-order valence-electron chi connectivity index (χ4n) is 3.83. The molecule has 190 valence electrons. The van der Waals surface area contributed by atoms with Crippen LogP contribution in [0, 0.1) is 0 Å². The van der Waals surface area contributed by atoms with Crippen molar-refractivity contribution in [2.24, 2.45) is 0 Å². The molecule has 2 heterocycles. The molecule has 4 rings (SSSR count). The average molecular weight is 563 g/mol. The molecule has 1 N–H and O–H groups in total. The van der Waals surface area contributed by atoms with Gasteiger partial charge in [0, 0.05) is 53.2 Å². The van der Waals surface area contributed by atoms with Crippen LogP contribution in [0.4, 0.5) is 18.9 Å². The van der Waals surface area contributed by atoms with E-state index in [2.05, 4.69) is 26.2 Å². The SMILES string of the molecule is C/C(=C\C=C(/C)C(F)(F)F)N1CCN(CC(=O)Nc2ccc(-c3nc4cc(Br)ccc4o3)cc2)CC1. The smallest absolute Gasteiger partial charge is 0.412 e. The van der Waals surface area contributed by atoms with Crippen LogP contribution in [0.1, 0.15) is 13.8 Å². The van der Waals surface area contributed by atoms with E-state index in [9.17, 15) is 18.0 Å². The molecule has 2 aromatic carbocycles. The summed E-state index contributed by atoms with van der Waals surface area (Å²) < 4.78 is 44.7. The first-order chi connectivity index (χ1) is 17.1. The lowest BCUT2D eigenvalue weighted by atomic mass is 10.2. The quantitative estimate of drug-likeness (QED) is 0.361. The summed E-state index contributed by atoms with van der Waals surface area (Å²) in [6.45, 7) is 5.68. The molecule has 0 unspecified atom stereocenters. The normalized spacial score (nSPS) is 16.0. The number of carbonyl (C=O) groups excluding carboxylic acids is 1. The third kappa shape index (κ3) is 6.55. The van der Waals surface area contributed by atoms with Gasteiger partial charge in [0.25, 0.3) is 0 Å². The van der Waals surface area contributed by atoms with Crippen molar-refractivity contribution in [3.05, 3.63) is 70.4 Å². The van der Waals surface area contributed by atoms with E-state index in [1.165, 1.54) is 6.08 Å². The van der Waals surface area contributed by atoms with Gasteiger partial charge in [0.05, 0.1) is 6.54 Å². The maximum atomic E-state index is 12.7. The van der Waals surface area contributed by atoms with Crippen molar-refractivity contribution < 1.29 is 22.4 Å². The third-order valence-electron chi connectivity index (χ3n) is 6.03. The first-order valence-electron chi connectivity index (χ1n) is 11.4. The van der Waals surface area contributed by atoms with Crippen LogP contribution in [0.2, 0.25) is 0 Å². The summed E-state index contributed by atoms with van der Waals surface area (Å²) in [4.78, 5) is 21.1. The number of allylic oxidation sites excluding steroid dienone is 4. The molecule has 36 heavy (non-hydrogen) atoms. The topological polar surface area (TPSA) is 61.6 Å². The van der Waals surface area contributed by atoms with Crippen molar-refractivity contribution in [2.45, 2.75) is 20.0 Å². The van der Waals surface area contributed by atoms with Crippen molar-refractivity contribution in [1.29, 1.82) is 0 Å². The number of halogens is 4. The Morgan fingerprint density at radius 2 is 1.78 bits per heavy atom.